The number of nitrogens with zero attached hydrogens (tertiary/aromatic N) is 1. The van der Waals surface area contributed by atoms with E-state index in [1.165, 1.54) is 23.3 Å². The summed E-state index contributed by atoms with van der Waals surface area (Å²) in [5.74, 6) is 0.665. The Morgan fingerprint density at radius 3 is 2.53 bits per heavy atom. The minimum Gasteiger partial charge on any atom is -0.378 e. The summed E-state index contributed by atoms with van der Waals surface area (Å²) in [6, 6.07) is 14.7. The van der Waals surface area contributed by atoms with Crippen molar-refractivity contribution in [3.8, 4) is 0 Å². The highest BCUT2D eigenvalue weighted by molar-refractivity contribution is 5.90. The van der Waals surface area contributed by atoms with Gasteiger partial charge in [0.15, 0.2) is 0 Å². The first-order chi connectivity index (χ1) is 14.6. The number of amides is 1. The Hall–Kier alpha value is -2.24. The van der Waals surface area contributed by atoms with Gasteiger partial charge in [0, 0.05) is 25.2 Å². The molecule has 0 aromatic heterocycles. The van der Waals surface area contributed by atoms with Crippen molar-refractivity contribution in [2.75, 3.05) is 11.9 Å². The summed E-state index contributed by atoms with van der Waals surface area (Å²) < 4.78 is 13.0. The Bertz CT molecular complexity index is 846. The number of hydrogen-bond acceptors (Lipinski definition) is 3. The van der Waals surface area contributed by atoms with E-state index in [9.17, 15) is 14.3 Å². The number of aliphatic hydroxyl groups excluding tert-OH is 1. The number of carbonyl (C=O) groups is 1. The first kappa shape index (κ1) is 21.0. The monoisotopic (exact) mass is 410 g/mol. The quantitative estimate of drug-likeness (QED) is 0.701. The third-order valence-electron chi connectivity index (χ3n) is 6.59. The van der Waals surface area contributed by atoms with Crippen molar-refractivity contribution in [3.05, 3.63) is 65.5 Å². The van der Waals surface area contributed by atoms with Crippen molar-refractivity contribution >= 4 is 11.6 Å². The summed E-state index contributed by atoms with van der Waals surface area (Å²) in [4.78, 5) is 14.5. The standard InChI is InChI=1S/C25H31FN2O2/c26-22-10-12-23(13-11-22)27-24(29)16-18-6-8-20(9-7-18)21-4-1-3-19(15-21)17-28-14-2-5-25(28)30/h1,3-4,10-13,15,18,20,25,30H,2,5-9,14,16-17H2,(H,27,29). The Morgan fingerprint density at radius 1 is 1.07 bits per heavy atom. The van der Waals surface area contributed by atoms with Crippen molar-refractivity contribution in [1.82, 2.24) is 4.90 Å². The molecule has 1 atom stereocenters. The summed E-state index contributed by atoms with van der Waals surface area (Å²) in [5.41, 5.74) is 3.31. The molecule has 5 heteroatoms. The third kappa shape index (κ3) is 5.46. The highest BCUT2D eigenvalue weighted by atomic mass is 19.1. The van der Waals surface area contributed by atoms with Gasteiger partial charge in [0.25, 0.3) is 0 Å². The number of nitrogens with one attached hydrogen (secondary N) is 1. The molecule has 30 heavy (non-hydrogen) atoms. The molecule has 0 spiro atoms. The molecule has 2 aromatic carbocycles. The van der Waals surface area contributed by atoms with E-state index in [1.54, 1.807) is 12.1 Å². The van der Waals surface area contributed by atoms with E-state index in [2.05, 4.69) is 34.5 Å². The maximum absolute atomic E-state index is 13.0. The molecule has 1 saturated heterocycles. The van der Waals surface area contributed by atoms with Crippen molar-refractivity contribution in [2.45, 2.75) is 63.6 Å². The Labute approximate surface area is 178 Å². The van der Waals surface area contributed by atoms with Crippen LogP contribution in [0, 0.1) is 11.7 Å². The molecule has 160 valence electrons. The smallest absolute Gasteiger partial charge is 0.224 e. The van der Waals surface area contributed by atoms with E-state index < -0.39 is 0 Å². The molecule has 2 aliphatic rings. The first-order valence-electron chi connectivity index (χ1n) is 11.1. The predicted molar refractivity (Wildman–Crippen MR) is 116 cm³/mol. The minimum absolute atomic E-state index is 0.0104. The Morgan fingerprint density at radius 2 is 1.83 bits per heavy atom. The average Bonchev–Trinajstić information content (AvgIpc) is 3.15. The van der Waals surface area contributed by atoms with E-state index in [0.29, 0.717) is 23.9 Å². The fourth-order valence-corrected chi connectivity index (χ4v) is 4.88. The summed E-state index contributed by atoms with van der Waals surface area (Å²) in [5, 5.41) is 12.9. The van der Waals surface area contributed by atoms with Crippen LogP contribution in [0.3, 0.4) is 0 Å². The highest BCUT2D eigenvalue weighted by Gasteiger charge is 2.25. The fraction of sp³-hybridized carbons (Fsp3) is 0.480. The summed E-state index contributed by atoms with van der Waals surface area (Å²) in [6.07, 6.45) is 6.47. The van der Waals surface area contributed by atoms with Gasteiger partial charge in [0.1, 0.15) is 12.0 Å². The lowest BCUT2D eigenvalue weighted by atomic mass is 9.77. The van der Waals surface area contributed by atoms with E-state index in [1.807, 2.05) is 0 Å². The molecular formula is C25H31FN2O2. The van der Waals surface area contributed by atoms with Gasteiger partial charge >= 0.3 is 0 Å². The number of aliphatic hydroxyl groups is 1. The van der Waals surface area contributed by atoms with Crippen LogP contribution in [0.25, 0.3) is 0 Å². The highest BCUT2D eigenvalue weighted by Crippen LogP contribution is 2.37. The number of likely N-dealkylation sites (tertiary alicyclic amines) is 1. The second-order valence-electron chi connectivity index (χ2n) is 8.82. The van der Waals surface area contributed by atoms with Gasteiger partial charge in [0.2, 0.25) is 5.91 Å². The van der Waals surface area contributed by atoms with Gasteiger partial charge in [-0.25, -0.2) is 4.39 Å². The topological polar surface area (TPSA) is 52.6 Å². The number of hydrogen-bond donors (Lipinski definition) is 2. The van der Waals surface area contributed by atoms with Crippen LogP contribution in [0.1, 0.15) is 62.0 Å². The summed E-state index contributed by atoms with van der Waals surface area (Å²) in [7, 11) is 0. The number of rotatable bonds is 6. The normalized spacial score (nSPS) is 24.7. The van der Waals surface area contributed by atoms with Crippen LogP contribution in [0.15, 0.2) is 48.5 Å². The van der Waals surface area contributed by atoms with Crippen LogP contribution >= 0.6 is 0 Å². The molecule has 0 bridgehead atoms. The van der Waals surface area contributed by atoms with Crippen LogP contribution in [0.4, 0.5) is 10.1 Å². The maximum Gasteiger partial charge on any atom is 0.224 e. The van der Waals surface area contributed by atoms with Crippen molar-refractivity contribution in [3.63, 3.8) is 0 Å². The van der Waals surface area contributed by atoms with Crippen LogP contribution < -0.4 is 5.32 Å². The van der Waals surface area contributed by atoms with Gasteiger partial charge in [-0.15, -0.1) is 0 Å². The maximum atomic E-state index is 13.0. The zero-order valence-corrected chi connectivity index (χ0v) is 17.4. The fourth-order valence-electron chi connectivity index (χ4n) is 4.88. The van der Waals surface area contributed by atoms with Gasteiger partial charge in [-0.3, -0.25) is 9.69 Å². The molecule has 1 aliphatic carbocycles. The number of anilines is 1. The van der Waals surface area contributed by atoms with Gasteiger partial charge in [-0.05, 0) is 85.8 Å². The van der Waals surface area contributed by atoms with Crippen LogP contribution in [0.2, 0.25) is 0 Å². The minimum atomic E-state index is -0.301. The molecule has 4 rings (SSSR count). The lowest BCUT2D eigenvalue weighted by molar-refractivity contribution is -0.117. The molecule has 1 unspecified atom stereocenters. The van der Waals surface area contributed by atoms with Crippen molar-refractivity contribution in [2.24, 2.45) is 5.92 Å². The molecule has 2 N–H and O–H groups in total. The van der Waals surface area contributed by atoms with E-state index in [-0.39, 0.29) is 18.0 Å². The predicted octanol–water partition coefficient (Wildman–Crippen LogP) is 5.04. The number of halogens is 1. The number of carbonyl (C=O) groups excluding carboxylic acids is 1. The molecule has 2 aromatic rings. The first-order valence-corrected chi connectivity index (χ1v) is 11.1. The van der Waals surface area contributed by atoms with Crippen molar-refractivity contribution in [1.29, 1.82) is 0 Å². The summed E-state index contributed by atoms with van der Waals surface area (Å²) in [6.45, 7) is 1.78. The zero-order chi connectivity index (χ0) is 20.9. The third-order valence-corrected chi connectivity index (χ3v) is 6.59. The molecular weight excluding hydrogens is 379 g/mol. The van der Waals surface area contributed by atoms with Gasteiger partial charge < -0.3 is 10.4 Å². The zero-order valence-electron chi connectivity index (χ0n) is 17.4. The molecule has 1 amide bonds. The lowest BCUT2D eigenvalue weighted by Gasteiger charge is -2.29. The van der Waals surface area contributed by atoms with Crippen LogP contribution in [-0.2, 0) is 11.3 Å². The molecule has 4 nitrogen and oxygen atoms in total. The molecule has 1 heterocycles. The average molecular weight is 411 g/mol. The molecule has 1 aliphatic heterocycles. The van der Waals surface area contributed by atoms with Crippen LogP contribution in [0.5, 0.6) is 0 Å². The van der Waals surface area contributed by atoms with Crippen LogP contribution in [-0.4, -0.2) is 28.7 Å². The van der Waals surface area contributed by atoms with Gasteiger partial charge in [-0.1, -0.05) is 24.3 Å². The van der Waals surface area contributed by atoms with Crippen molar-refractivity contribution < 1.29 is 14.3 Å². The second kappa shape index (κ2) is 9.71. The Kier molecular flexibility index (Phi) is 6.80. The lowest BCUT2D eigenvalue weighted by Crippen LogP contribution is -2.28. The van der Waals surface area contributed by atoms with Gasteiger partial charge in [-0.2, -0.15) is 0 Å². The summed E-state index contributed by atoms with van der Waals surface area (Å²) >= 11 is 0. The second-order valence-corrected chi connectivity index (χ2v) is 8.82. The number of benzene rings is 2. The molecule has 1 saturated carbocycles. The van der Waals surface area contributed by atoms with E-state index >= 15 is 0 Å². The SMILES string of the molecule is O=C(CC1CCC(c2cccc(CN3CCCC3O)c2)CC1)Nc1ccc(F)cc1. The largest absolute Gasteiger partial charge is 0.378 e. The van der Waals surface area contributed by atoms with Gasteiger partial charge in [0.05, 0.1) is 0 Å². The van der Waals surface area contributed by atoms with E-state index in [4.69, 9.17) is 0 Å². The van der Waals surface area contributed by atoms with E-state index in [0.717, 1.165) is 51.6 Å². The molecule has 0 radical (unpaired) electrons. The Balaban J connectivity index is 1.26. The molecule has 2 fully saturated rings.